The van der Waals surface area contributed by atoms with Crippen molar-refractivity contribution < 1.29 is 38.5 Å². The van der Waals surface area contributed by atoms with Gasteiger partial charge in [0.25, 0.3) is 0 Å². The fourth-order valence-electron chi connectivity index (χ4n) is 2.99. The molecule has 4 amide bonds. The zero-order valence-electron chi connectivity index (χ0n) is 23.1. The highest BCUT2D eigenvalue weighted by Gasteiger charge is 2.27. The van der Waals surface area contributed by atoms with E-state index in [4.69, 9.17) is 19.3 Å². The number of alkyl carbamates (subject to hydrolysis) is 1. The molecule has 0 aliphatic rings. The fourth-order valence-corrected chi connectivity index (χ4v) is 2.99. The van der Waals surface area contributed by atoms with Crippen molar-refractivity contribution in [1.82, 2.24) is 16.0 Å². The van der Waals surface area contributed by atoms with Gasteiger partial charge < -0.3 is 40.6 Å². The Balaban J connectivity index is 2.33. The maximum absolute atomic E-state index is 12.7. The predicted molar refractivity (Wildman–Crippen MR) is 141 cm³/mol. The summed E-state index contributed by atoms with van der Waals surface area (Å²) >= 11 is 0. The van der Waals surface area contributed by atoms with Crippen molar-refractivity contribution in [3.63, 3.8) is 0 Å². The molecule has 0 saturated heterocycles. The summed E-state index contributed by atoms with van der Waals surface area (Å²) in [4.78, 5) is 49.0. The van der Waals surface area contributed by atoms with Crippen molar-refractivity contribution in [2.75, 3.05) is 38.3 Å². The van der Waals surface area contributed by atoms with E-state index >= 15 is 0 Å². The molecule has 0 aliphatic heterocycles. The Morgan fingerprint density at radius 2 is 1.53 bits per heavy atom. The van der Waals surface area contributed by atoms with Crippen molar-refractivity contribution in [3.05, 3.63) is 29.8 Å². The first-order valence-corrected chi connectivity index (χ1v) is 12.5. The van der Waals surface area contributed by atoms with E-state index in [1.54, 1.807) is 65.8 Å². The quantitative estimate of drug-likeness (QED) is 0.209. The Morgan fingerprint density at radius 3 is 2.11 bits per heavy atom. The SMILES string of the molecule is CC(C)[C@H](NC(=O)COCCOCCNC(=O)OC(C)(C)C)C(=O)N[C@@H](C)C(=O)Nc1ccc(CO)cc1. The number of hydrogen-bond donors (Lipinski definition) is 5. The molecule has 0 heterocycles. The standard InChI is InChI=1S/C26H42N4O8/c1-17(2)22(24(34)28-18(3)23(33)29-20-9-7-19(15-31)8-10-20)30-21(32)16-37-14-13-36-12-11-27-25(35)38-26(4,5)6/h7-10,17-18,22,31H,11-16H2,1-6H3,(H,27,35)(H,28,34)(H,29,33)(H,30,32)/t18-,22-/m0/s1. The number of aliphatic hydroxyl groups excluding tert-OH is 1. The van der Waals surface area contributed by atoms with Crippen LogP contribution >= 0.6 is 0 Å². The first kappa shape index (κ1) is 32.8. The maximum atomic E-state index is 12.7. The number of anilines is 1. The van der Waals surface area contributed by atoms with Gasteiger partial charge in [0.1, 0.15) is 24.3 Å². The monoisotopic (exact) mass is 538 g/mol. The second-order valence-corrected chi connectivity index (χ2v) is 9.96. The number of aliphatic hydroxyl groups is 1. The van der Waals surface area contributed by atoms with Crippen molar-refractivity contribution in [1.29, 1.82) is 0 Å². The predicted octanol–water partition coefficient (Wildman–Crippen LogP) is 1.32. The molecule has 1 rings (SSSR count). The van der Waals surface area contributed by atoms with E-state index in [0.29, 0.717) is 11.3 Å². The van der Waals surface area contributed by atoms with Crippen LogP contribution in [0.1, 0.15) is 47.1 Å². The Bertz CT molecular complexity index is 900. The number of benzene rings is 1. The van der Waals surface area contributed by atoms with Gasteiger partial charge in [0.05, 0.1) is 26.4 Å². The highest BCUT2D eigenvalue weighted by atomic mass is 16.6. The third-order valence-corrected chi connectivity index (χ3v) is 4.94. The maximum Gasteiger partial charge on any atom is 0.407 e. The van der Waals surface area contributed by atoms with E-state index in [0.717, 1.165) is 0 Å². The summed E-state index contributed by atoms with van der Waals surface area (Å²) in [6.45, 7) is 10.9. The van der Waals surface area contributed by atoms with Crippen LogP contribution in [-0.2, 0) is 35.2 Å². The smallest absolute Gasteiger partial charge is 0.407 e. The van der Waals surface area contributed by atoms with Gasteiger partial charge in [-0.05, 0) is 51.3 Å². The molecular weight excluding hydrogens is 496 g/mol. The summed E-state index contributed by atoms with van der Waals surface area (Å²) in [6.07, 6.45) is -0.527. The summed E-state index contributed by atoms with van der Waals surface area (Å²) in [5.41, 5.74) is 0.669. The summed E-state index contributed by atoms with van der Waals surface area (Å²) < 4.78 is 15.7. The molecule has 0 saturated carbocycles. The first-order chi connectivity index (χ1) is 17.8. The Kier molecular flexibility index (Phi) is 14.3. The third-order valence-electron chi connectivity index (χ3n) is 4.94. The molecule has 0 bridgehead atoms. The number of ether oxygens (including phenoxy) is 3. The minimum atomic E-state index is -0.861. The molecule has 1 aromatic rings. The molecule has 1 aromatic carbocycles. The summed E-state index contributed by atoms with van der Waals surface area (Å²) in [5, 5.41) is 19.6. The van der Waals surface area contributed by atoms with Gasteiger partial charge in [-0.1, -0.05) is 26.0 Å². The van der Waals surface area contributed by atoms with Crippen LogP contribution in [0.5, 0.6) is 0 Å². The topological polar surface area (TPSA) is 164 Å². The summed E-state index contributed by atoms with van der Waals surface area (Å²) in [5.74, 6) is -1.63. The van der Waals surface area contributed by atoms with Crippen molar-refractivity contribution in [2.45, 2.75) is 65.8 Å². The molecule has 12 nitrogen and oxygen atoms in total. The normalized spacial score (nSPS) is 12.8. The minimum Gasteiger partial charge on any atom is -0.444 e. The molecule has 12 heteroatoms. The third kappa shape index (κ3) is 13.9. The van der Waals surface area contributed by atoms with Crippen LogP contribution in [0.4, 0.5) is 10.5 Å². The molecule has 5 N–H and O–H groups in total. The number of nitrogens with one attached hydrogen (secondary N) is 4. The molecule has 214 valence electrons. The zero-order valence-corrected chi connectivity index (χ0v) is 23.1. The Hall–Kier alpha value is -3.22. The van der Waals surface area contributed by atoms with E-state index in [9.17, 15) is 19.2 Å². The molecule has 0 unspecified atom stereocenters. The summed E-state index contributed by atoms with van der Waals surface area (Å²) in [6, 6.07) is 4.96. The van der Waals surface area contributed by atoms with Gasteiger partial charge in [-0.3, -0.25) is 14.4 Å². The van der Waals surface area contributed by atoms with Crippen LogP contribution in [-0.4, -0.2) is 79.6 Å². The molecular formula is C26H42N4O8. The number of carbonyl (C=O) groups excluding carboxylic acids is 4. The minimum absolute atomic E-state index is 0.100. The Morgan fingerprint density at radius 1 is 0.895 bits per heavy atom. The largest absolute Gasteiger partial charge is 0.444 e. The van der Waals surface area contributed by atoms with E-state index < -0.39 is 41.5 Å². The van der Waals surface area contributed by atoms with Gasteiger partial charge in [-0.2, -0.15) is 0 Å². The molecule has 0 spiro atoms. The Labute approximate surface area is 224 Å². The van der Waals surface area contributed by atoms with Crippen molar-refractivity contribution >= 4 is 29.5 Å². The van der Waals surface area contributed by atoms with Crippen molar-refractivity contribution in [2.24, 2.45) is 5.92 Å². The molecule has 0 aliphatic carbocycles. The van der Waals surface area contributed by atoms with Crippen LogP contribution in [0.15, 0.2) is 24.3 Å². The van der Waals surface area contributed by atoms with E-state index in [1.807, 2.05) is 0 Å². The molecule has 0 aromatic heterocycles. The lowest BCUT2D eigenvalue weighted by Crippen LogP contribution is -2.54. The second kappa shape index (κ2) is 16.6. The van der Waals surface area contributed by atoms with Crippen LogP contribution in [0, 0.1) is 5.92 Å². The molecule has 0 radical (unpaired) electrons. The second-order valence-electron chi connectivity index (χ2n) is 9.96. The van der Waals surface area contributed by atoms with Crippen LogP contribution in [0.25, 0.3) is 0 Å². The lowest BCUT2D eigenvalue weighted by Gasteiger charge is -2.24. The van der Waals surface area contributed by atoms with E-state index in [1.165, 1.54) is 0 Å². The lowest BCUT2D eigenvalue weighted by molar-refractivity contribution is -0.133. The van der Waals surface area contributed by atoms with Gasteiger partial charge in [-0.15, -0.1) is 0 Å². The number of hydrogen-bond acceptors (Lipinski definition) is 8. The highest BCUT2D eigenvalue weighted by molar-refractivity contribution is 5.98. The number of carbonyl (C=O) groups is 4. The number of rotatable bonds is 15. The van der Waals surface area contributed by atoms with Crippen LogP contribution in [0.2, 0.25) is 0 Å². The van der Waals surface area contributed by atoms with Gasteiger partial charge in [0.15, 0.2) is 0 Å². The van der Waals surface area contributed by atoms with Crippen LogP contribution < -0.4 is 21.3 Å². The fraction of sp³-hybridized carbons (Fsp3) is 0.615. The average molecular weight is 539 g/mol. The first-order valence-electron chi connectivity index (χ1n) is 12.5. The lowest BCUT2D eigenvalue weighted by atomic mass is 10.0. The van der Waals surface area contributed by atoms with Gasteiger partial charge in [-0.25, -0.2) is 4.79 Å². The number of amides is 4. The van der Waals surface area contributed by atoms with Crippen molar-refractivity contribution in [3.8, 4) is 0 Å². The average Bonchev–Trinajstić information content (AvgIpc) is 2.83. The van der Waals surface area contributed by atoms with Gasteiger partial charge in [0.2, 0.25) is 17.7 Å². The molecule has 38 heavy (non-hydrogen) atoms. The molecule has 2 atom stereocenters. The van der Waals surface area contributed by atoms with E-state index in [2.05, 4.69) is 21.3 Å². The summed E-state index contributed by atoms with van der Waals surface area (Å²) in [7, 11) is 0. The highest BCUT2D eigenvalue weighted by Crippen LogP contribution is 2.10. The van der Waals surface area contributed by atoms with Gasteiger partial charge >= 0.3 is 6.09 Å². The van der Waals surface area contributed by atoms with E-state index in [-0.39, 0.29) is 45.5 Å². The molecule has 0 fully saturated rings. The zero-order chi connectivity index (χ0) is 28.7. The van der Waals surface area contributed by atoms with Gasteiger partial charge in [0, 0.05) is 12.2 Å². The van der Waals surface area contributed by atoms with Crippen LogP contribution in [0.3, 0.4) is 0 Å².